The highest BCUT2D eigenvalue weighted by Gasteiger charge is 2.16. The lowest BCUT2D eigenvalue weighted by Crippen LogP contribution is -2.09. The van der Waals surface area contributed by atoms with Crippen LogP contribution in [0.3, 0.4) is 0 Å². The van der Waals surface area contributed by atoms with Crippen LogP contribution >= 0.6 is 0 Å². The number of benzene rings is 1. The lowest BCUT2D eigenvalue weighted by atomic mass is 9.92. The van der Waals surface area contributed by atoms with Crippen molar-refractivity contribution >= 4 is 11.1 Å². The Balaban J connectivity index is 2.48. The van der Waals surface area contributed by atoms with Gasteiger partial charge in [-0.15, -0.1) is 0 Å². The van der Waals surface area contributed by atoms with Crippen molar-refractivity contribution in [1.29, 1.82) is 0 Å². The molecule has 0 aliphatic rings. The molecule has 1 aromatic carbocycles. The molecule has 16 heavy (non-hydrogen) atoms. The molecule has 0 aliphatic carbocycles. The third-order valence-corrected chi connectivity index (χ3v) is 2.55. The number of hydrogen-bond donors (Lipinski definition) is 0. The number of hydrogen-bond acceptors (Lipinski definition) is 2. The molecule has 0 spiro atoms. The number of fused-ring (bicyclic) bond motifs is 1. The first-order valence-corrected chi connectivity index (χ1v) is 5.72. The molecule has 0 fully saturated rings. The highest BCUT2D eigenvalue weighted by atomic mass is 16.3. The van der Waals surface area contributed by atoms with Crippen LogP contribution in [0.5, 0.6) is 0 Å². The van der Waals surface area contributed by atoms with Crippen molar-refractivity contribution in [2.75, 3.05) is 0 Å². The van der Waals surface area contributed by atoms with E-state index >= 15 is 0 Å². The van der Waals surface area contributed by atoms with E-state index < -0.39 is 0 Å². The van der Waals surface area contributed by atoms with E-state index in [-0.39, 0.29) is 5.41 Å². The van der Waals surface area contributed by atoms with Gasteiger partial charge in [0.1, 0.15) is 5.52 Å². The monoisotopic (exact) mass is 217 g/mol. The molecular formula is C14H19NO. The van der Waals surface area contributed by atoms with Gasteiger partial charge in [0.2, 0.25) is 0 Å². The maximum atomic E-state index is 5.82. The van der Waals surface area contributed by atoms with Gasteiger partial charge in [-0.1, -0.05) is 26.8 Å². The van der Waals surface area contributed by atoms with Gasteiger partial charge in [-0.25, -0.2) is 4.98 Å². The highest BCUT2D eigenvalue weighted by molar-refractivity contribution is 5.77. The van der Waals surface area contributed by atoms with E-state index in [4.69, 9.17) is 4.42 Å². The van der Waals surface area contributed by atoms with Crippen molar-refractivity contribution in [2.24, 2.45) is 5.41 Å². The second-order valence-electron chi connectivity index (χ2n) is 5.78. The molecule has 2 heteroatoms. The molecule has 1 aromatic heterocycles. The van der Waals surface area contributed by atoms with Gasteiger partial charge < -0.3 is 4.42 Å². The van der Waals surface area contributed by atoms with E-state index in [1.807, 2.05) is 0 Å². The third kappa shape index (κ3) is 2.26. The lowest BCUT2D eigenvalue weighted by molar-refractivity contribution is 0.361. The fraction of sp³-hybridized carbons (Fsp3) is 0.500. The molecule has 2 nitrogen and oxygen atoms in total. The van der Waals surface area contributed by atoms with Gasteiger partial charge >= 0.3 is 0 Å². The van der Waals surface area contributed by atoms with Crippen LogP contribution in [0.25, 0.3) is 11.1 Å². The van der Waals surface area contributed by atoms with Gasteiger partial charge in [0.15, 0.2) is 11.5 Å². The average Bonchev–Trinajstić information content (AvgIpc) is 2.43. The third-order valence-electron chi connectivity index (χ3n) is 2.55. The quantitative estimate of drug-likeness (QED) is 0.720. The predicted octanol–water partition coefficient (Wildman–Crippen LogP) is 4.03. The molecule has 0 unspecified atom stereocenters. The average molecular weight is 217 g/mol. The molecule has 0 saturated heterocycles. The van der Waals surface area contributed by atoms with Crippen molar-refractivity contribution in [3.63, 3.8) is 0 Å². The molecule has 0 atom stereocenters. The predicted molar refractivity (Wildman–Crippen MR) is 66.6 cm³/mol. The molecule has 86 valence electrons. The zero-order valence-electron chi connectivity index (χ0n) is 10.7. The Morgan fingerprint density at radius 3 is 2.50 bits per heavy atom. The fourth-order valence-corrected chi connectivity index (χ4v) is 1.95. The summed E-state index contributed by atoms with van der Waals surface area (Å²) in [6.45, 7) is 10.7. The zero-order valence-corrected chi connectivity index (χ0v) is 10.7. The molecule has 0 amide bonds. The van der Waals surface area contributed by atoms with Crippen LogP contribution in [0, 0.1) is 19.3 Å². The molecular weight excluding hydrogens is 198 g/mol. The lowest BCUT2D eigenvalue weighted by Gasteiger charge is -2.14. The minimum atomic E-state index is 0.212. The van der Waals surface area contributed by atoms with Crippen LogP contribution in [0.15, 0.2) is 16.5 Å². The number of nitrogens with zero attached hydrogens (tertiary/aromatic N) is 1. The Hall–Kier alpha value is -1.31. The normalized spacial score (nSPS) is 12.3. The number of oxazole rings is 1. The Morgan fingerprint density at radius 2 is 1.88 bits per heavy atom. The van der Waals surface area contributed by atoms with Crippen LogP contribution in [0.1, 0.15) is 37.8 Å². The second kappa shape index (κ2) is 3.62. The summed E-state index contributed by atoms with van der Waals surface area (Å²) in [5.74, 6) is 0.844. The molecule has 0 N–H and O–H groups in total. The van der Waals surface area contributed by atoms with Gasteiger partial charge in [-0.2, -0.15) is 0 Å². The second-order valence-corrected chi connectivity index (χ2v) is 5.78. The molecule has 0 aliphatic heterocycles. The Labute approximate surface area is 96.7 Å². The van der Waals surface area contributed by atoms with Gasteiger partial charge in [0, 0.05) is 6.42 Å². The van der Waals surface area contributed by atoms with E-state index in [2.05, 4.69) is 51.7 Å². The fourth-order valence-electron chi connectivity index (χ4n) is 1.95. The van der Waals surface area contributed by atoms with E-state index in [0.717, 1.165) is 23.4 Å². The van der Waals surface area contributed by atoms with Crippen molar-refractivity contribution in [3.05, 3.63) is 29.2 Å². The minimum Gasteiger partial charge on any atom is -0.440 e. The largest absolute Gasteiger partial charge is 0.440 e. The SMILES string of the molecule is Cc1cc(C)c2oc(CC(C)(C)C)nc2c1. The van der Waals surface area contributed by atoms with E-state index in [1.54, 1.807) is 0 Å². The molecule has 1 heterocycles. The van der Waals surface area contributed by atoms with Crippen LogP contribution in [0.2, 0.25) is 0 Å². The Morgan fingerprint density at radius 1 is 1.19 bits per heavy atom. The zero-order chi connectivity index (χ0) is 11.9. The number of aryl methyl sites for hydroxylation is 2. The van der Waals surface area contributed by atoms with Crippen LogP contribution in [-0.2, 0) is 6.42 Å². The van der Waals surface area contributed by atoms with Crippen molar-refractivity contribution < 1.29 is 4.42 Å². The van der Waals surface area contributed by atoms with Gasteiger partial charge in [0.05, 0.1) is 0 Å². The number of rotatable bonds is 1. The first-order valence-electron chi connectivity index (χ1n) is 5.72. The number of aromatic nitrogens is 1. The van der Waals surface area contributed by atoms with E-state index in [1.165, 1.54) is 11.1 Å². The maximum absolute atomic E-state index is 5.82. The molecule has 2 rings (SSSR count). The molecule has 0 radical (unpaired) electrons. The summed E-state index contributed by atoms with van der Waals surface area (Å²) in [5.41, 5.74) is 4.54. The van der Waals surface area contributed by atoms with Crippen LogP contribution in [0.4, 0.5) is 0 Å². The summed E-state index contributed by atoms with van der Waals surface area (Å²) in [5, 5.41) is 0. The summed E-state index contributed by atoms with van der Waals surface area (Å²) in [4.78, 5) is 4.55. The summed E-state index contributed by atoms with van der Waals surface area (Å²) in [6, 6.07) is 4.21. The maximum Gasteiger partial charge on any atom is 0.196 e. The van der Waals surface area contributed by atoms with Crippen molar-refractivity contribution in [3.8, 4) is 0 Å². The van der Waals surface area contributed by atoms with E-state index in [9.17, 15) is 0 Å². The Kier molecular flexibility index (Phi) is 2.53. The van der Waals surface area contributed by atoms with Crippen molar-refractivity contribution in [1.82, 2.24) is 4.98 Å². The first-order chi connectivity index (χ1) is 7.35. The smallest absolute Gasteiger partial charge is 0.196 e. The van der Waals surface area contributed by atoms with Gasteiger partial charge in [-0.3, -0.25) is 0 Å². The Bertz CT molecular complexity index is 517. The van der Waals surface area contributed by atoms with Crippen LogP contribution < -0.4 is 0 Å². The summed E-state index contributed by atoms with van der Waals surface area (Å²) < 4.78 is 5.82. The summed E-state index contributed by atoms with van der Waals surface area (Å²) >= 11 is 0. The first kappa shape index (κ1) is 11.2. The van der Waals surface area contributed by atoms with Crippen molar-refractivity contribution in [2.45, 2.75) is 41.0 Å². The van der Waals surface area contributed by atoms with Crippen LogP contribution in [-0.4, -0.2) is 4.98 Å². The van der Waals surface area contributed by atoms with Gasteiger partial charge in [-0.05, 0) is 36.5 Å². The topological polar surface area (TPSA) is 26.0 Å². The molecule has 0 bridgehead atoms. The summed E-state index contributed by atoms with van der Waals surface area (Å²) in [6.07, 6.45) is 0.875. The van der Waals surface area contributed by atoms with Gasteiger partial charge in [0.25, 0.3) is 0 Å². The summed E-state index contributed by atoms with van der Waals surface area (Å²) in [7, 11) is 0. The molecule has 0 saturated carbocycles. The highest BCUT2D eigenvalue weighted by Crippen LogP contribution is 2.26. The van der Waals surface area contributed by atoms with E-state index in [0.29, 0.717) is 0 Å². The standard InChI is InChI=1S/C14H19NO/c1-9-6-10(2)13-11(7-9)15-12(16-13)8-14(3,4)5/h6-7H,8H2,1-5H3. The minimum absolute atomic E-state index is 0.212. The molecule has 2 aromatic rings.